The monoisotopic (exact) mass is 343 g/mol. The van der Waals surface area contributed by atoms with Crippen molar-refractivity contribution in [3.63, 3.8) is 0 Å². The van der Waals surface area contributed by atoms with Gasteiger partial charge in [0.05, 0.1) is 17.1 Å². The first kappa shape index (κ1) is 14.1. The van der Waals surface area contributed by atoms with Gasteiger partial charge in [0.25, 0.3) is 10.0 Å². The van der Waals surface area contributed by atoms with Crippen LogP contribution in [0.4, 0.5) is 5.69 Å². The number of nitrogens with one attached hydrogen (secondary N) is 1. The maximum atomic E-state index is 12.4. The number of sulfonamides is 1. The number of aromatic nitrogens is 2. The Bertz CT molecular complexity index is 723. The maximum absolute atomic E-state index is 12.4. The van der Waals surface area contributed by atoms with Crippen molar-refractivity contribution in [2.24, 2.45) is 7.05 Å². The summed E-state index contributed by atoms with van der Waals surface area (Å²) in [5.41, 5.74) is 1.60. The highest BCUT2D eigenvalue weighted by molar-refractivity contribution is 9.10. The molecule has 0 atom stereocenters. The molecule has 1 heterocycles. The van der Waals surface area contributed by atoms with Crippen LogP contribution in [-0.4, -0.2) is 18.2 Å². The summed E-state index contributed by atoms with van der Waals surface area (Å²) in [6, 6.07) is 7.07. The molecule has 0 radical (unpaired) electrons. The lowest BCUT2D eigenvalue weighted by molar-refractivity contribution is 0.599. The van der Waals surface area contributed by atoms with Crippen molar-refractivity contribution >= 4 is 31.6 Å². The zero-order valence-corrected chi connectivity index (χ0v) is 13.2. The third-order valence-electron chi connectivity index (χ3n) is 2.83. The number of hydrogen-bond donors (Lipinski definition) is 1. The molecular weight excluding hydrogens is 330 g/mol. The first-order valence-corrected chi connectivity index (χ1v) is 7.88. The largest absolute Gasteiger partial charge is 0.278 e. The fraction of sp³-hybridized carbons (Fsp3) is 0.250. The summed E-state index contributed by atoms with van der Waals surface area (Å²) in [5, 5.41) is 4.13. The van der Waals surface area contributed by atoms with Crippen molar-refractivity contribution in [2.45, 2.75) is 18.7 Å². The number of rotatable bonds is 3. The van der Waals surface area contributed by atoms with Gasteiger partial charge in [-0.15, -0.1) is 0 Å². The minimum Gasteiger partial charge on any atom is -0.278 e. The van der Waals surface area contributed by atoms with Crippen molar-refractivity contribution in [1.82, 2.24) is 9.78 Å². The summed E-state index contributed by atoms with van der Waals surface area (Å²) in [7, 11) is -1.92. The Balaban J connectivity index is 2.47. The van der Waals surface area contributed by atoms with Crippen LogP contribution in [0.1, 0.15) is 11.4 Å². The number of halogens is 1. The number of anilines is 1. The van der Waals surface area contributed by atoms with Gasteiger partial charge in [-0.1, -0.05) is 12.1 Å². The second-order valence-electron chi connectivity index (χ2n) is 4.21. The van der Waals surface area contributed by atoms with E-state index in [1.54, 1.807) is 43.8 Å². The van der Waals surface area contributed by atoms with Crippen LogP contribution >= 0.6 is 15.9 Å². The third-order valence-corrected chi connectivity index (χ3v) is 5.14. The number of benzene rings is 1. The Labute approximate surface area is 120 Å². The van der Waals surface area contributed by atoms with Gasteiger partial charge >= 0.3 is 0 Å². The normalized spacial score (nSPS) is 11.6. The van der Waals surface area contributed by atoms with Crippen LogP contribution in [0.2, 0.25) is 0 Å². The van der Waals surface area contributed by atoms with E-state index < -0.39 is 10.0 Å². The first-order chi connectivity index (χ1) is 8.83. The van der Waals surface area contributed by atoms with E-state index in [2.05, 4.69) is 25.8 Å². The van der Waals surface area contributed by atoms with Crippen LogP contribution < -0.4 is 4.72 Å². The summed E-state index contributed by atoms with van der Waals surface area (Å²) in [6.45, 7) is 3.41. The summed E-state index contributed by atoms with van der Waals surface area (Å²) in [6.07, 6.45) is 0. The van der Waals surface area contributed by atoms with Crippen molar-refractivity contribution in [3.05, 3.63) is 40.1 Å². The van der Waals surface area contributed by atoms with E-state index in [4.69, 9.17) is 0 Å². The van der Waals surface area contributed by atoms with E-state index >= 15 is 0 Å². The molecule has 19 heavy (non-hydrogen) atoms. The zero-order chi connectivity index (χ0) is 14.2. The molecule has 0 amide bonds. The summed E-state index contributed by atoms with van der Waals surface area (Å²) < 4.78 is 29.7. The Morgan fingerprint density at radius 1 is 1.26 bits per heavy atom. The van der Waals surface area contributed by atoms with E-state index in [-0.39, 0.29) is 4.90 Å². The smallest absolute Gasteiger partial charge is 0.265 e. The van der Waals surface area contributed by atoms with E-state index in [1.807, 2.05) is 6.07 Å². The quantitative estimate of drug-likeness (QED) is 0.931. The van der Waals surface area contributed by atoms with Crippen LogP contribution in [0.25, 0.3) is 0 Å². The number of hydrogen-bond acceptors (Lipinski definition) is 3. The zero-order valence-electron chi connectivity index (χ0n) is 10.8. The van der Waals surface area contributed by atoms with E-state index in [9.17, 15) is 8.42 Å². The molecule has 2 rings (SSSR count). The number of para-hydroxylation sites is 1. The van der Waals surface area contributed by atoms with Crippen molar-refractivity contribution in [1.29, 1.82) is 0 Å². The van der Waals surface area contributed by atoms with Gasteiger partial charge in [-0.3, -0.25) is 9.40 Å². The first-order valence-electron chi connectivity index (χ1n) is 5.60. The molecule has 0 aliphatic heterocycles. The van der Waals surface area contributed by atoms with Crippen LogP contribution in [-0.2, 0) is 17.1 Å². The molecule has 0 unspecified atom stereocenters. The summed E-state index contributed by atoms with van der Waals surface area (Å²) in [4.78, 5) is 0.228. The molecule has 1 aromatic carbocycles. The molecule has 0 aliphatic carbocycles. The van der Waals surface area contributed by atoms with Crippen LogP contribution in [0, 0.1) is 13.8 Å². The van der Waals surface area contributed by atoms with Crippen LogP contribution in [0.15, 0.2) is 33.6 Å². The topological polar surface area (TPSA) is 64.0 Å². The fourth-order valence-electron chi connectivity index (χ4n) is 1.88. The highest BCUT2D eigenvalue weighted by Crippen LogP contribution is 2.26. The van der Waals surface area contributed by atoms with Crippen LogP contribution in [0.5, 0.6) is 0 Å². The van der Waals surface area contributed by atoms with Crippen LogP contribution in [0.3, 0.4) is 0 Å². The number of aryl methyl sites for hydroxylation is 2. The maximum Gasteiger partial charge on any atom is 0.265 e. The fourth-order valence-corrected chi connectivity index (χ4v) is 3.92. The van der Waals surface area contributed by atoms with E-state index in [1.165, 1.54) is 0 Å². The van der Waals surface area contributed by atoms with Crippen molar-refractivity contribution in [2.75, 3.05) is 4.72 Å². The molecule has 0 bridgehead atoms. The summed E-state index contributed by atoms with van der Waals surface area (Å²) in [5.74, 6) is 0. The van der Waals surface area contributed by atoms with E-state index in [0.717, 1.165) is 0 Å². The third kappa shape index (κ3) is 2.66. The predicted octanol–water partition coefficient (Wildman–Crippen LogP) is 2.60. The van der Waals surface area contributed by atoms with E-state index in [0.29, 0.717) is 21.5 Å². The van der Waals surface area contributed by atoms with Gasteiger partial charge in [0.1, 0.15) is 4.90 Å². The molecule has 0 aliphatic rings. The van der Waals surface area contributed by atoms with Gasteiger partial charge in [0.15, 0.2) is 0 Å². The second kappa shape index (κ2) is 4.97. The Morgan fingerprint density at radius 2 is 1.89 bits per heavy atom. The Hall–Kier alpha value is -1.34. The second-order valence-corrected chi connectivity index (χ2v) is 6.68. The molecule has 0 saturated carbocycles. The molecule has 2 aromatic rings. The lowest BCUT2D eigenvalue weighted by Gasteiger charge is -2.09. The molecule has 0 saturated heterocycles. The average Bonchev–Trinajstić information content (AvgIpc) is 2.56. The Morgan fingerprint density at radius 3 is 2.42 bits per heavy atom. The molecule has 102 valence electrons. The minimum absolute atomic E-state index is 0.228. The molecule has 1 aromatic heterocycles. The van der Waals surface area contributed by atoms with Gasteiger partial charge in [-0.25, -0.2) is 8.42 Å². The Kier molecular flexibility index (Phi) is 3.69. The highest BCUT2D eigenvalue weighted by Gasteiger charge is 2.24. The van der Waals surface area contributed by atoms with Gasteiger partial charge in [-0.2, -0.15) is 5.10 Å². The van der Waals surface area contributed by atoms with Crippen molar-refractivity contribution < 1.29 is 8.42 Å². The lowest BCUT2D eigenvalue weighted by Crippen LogP contribution is -2.15. The molecular formula is C12H14BrN3O2S. The molecule has 7 heteroatoms. The lowest BCUT2D eigenvalue weighted by atomic mass is 10.3. The number of nitrogens with zero attached hydrogens (tertiary/aromatic N) is 2. The molecule has 0 fully saturated rings. The minimum atomic E-state index is -3.64. The standard InChI is InChI=1S/C12H14BrN3O2S/c1-8-12(9(2)16(3)14-8)19(17,18)15-11-7-5-4-6-10(11)13/h4-7,15H,1-3H3. The molecule has 0 spiro atoms. The predicted molar refractivity (Wildman–Crippen MR) is 77.6 cm³/mol. The highest BCUT2D eigenvalue weighted by atomic mass is 79.9. The van der Waals surface area contributed by atoms with Gasteiger partial charge < -0.3 is 0 Å². The SMILES string of the molecule is Cc1nn(C)c(C)c1S(=O)(=O)Nc1ccccc1Br. The summed E-state index contributed by atoms with van der Waals surface area (Å²) >= 11 is 3.32. The van der Waals surface area contributed by atoms with Crippen molar-refractivity contribution in [3.8, 4) is 0 Å². The van der Waals surface area contributed by atoms with Gasteiger partial charge in [0, 0.05) is 11.5 Å². The average molecular weight is 344 g/mol. The van der Waals surface area contributed by atoms with Gasteiger partial charge in [-0.05, 0) is 41.9 Å². The molecule has 5 nitrogen and oxygen atoms in total. The van der Waals surface area contributed by atoms with Gasteiger partial charge in [0.2, 0.25) is 0 Å². The molecule has 1 N–H and O–H groups in total.